The lowest BCUT2D eigenvalue weighted by Crippen LogP contribution is -2.19. The second-order valence-corrected chi connectivity index (χ2v) is 5.19. The third-order valence-corrected chi connectivity index (χ3v) is 3.07. The third kappa shape index (κ3) is 5.08. The van der Waals surface area contributed by atoms with Gasteiger partial charge >= 0.3 is 0 Å². The molecule has 0 saturated heterocycles. The smallest absolute Gasteiger partial charge is 0.248 e. The highest BCUT2D eigenvalue weighted by Crippen LogP contribution is 2.16. The first-order chi connectivity index (χ1) is 10.9. The first-order valence-corrected chi connectivity index (χ1v) is 7.20. The summed E-state index contributed by atoms with van der Waals surface area (Å²) in [7, 11) is 0. The average Bonchev–Trinajstić information content (AvgIpc) is 2.47. The number of hydrogen-bond donors (Lipinski definition) is 4. The SMILES string of the molecule is CC(=O)Nc1cccc(NC(=S)Nc2ccc(C(N)=O)cc2)c1. The van der Waals surface area contributed by atoms with Gasteiger partial charge < -0.3 is 21.7 Å². The van der Waals surface area contributed by atoms with Crippen molar-refractivity contribution in [2.45, 2.75) is 6.92 Å². The molecule has 0 spiro atoms. The number of carbonyl (C=O) groups is 2. The Kier molecular flexibility index (Phi) is 5.27. The minimum absolute atomic E-state index is 0.141. The maximum Gasteiger partial charge on any atom is 0.248 e. The van der Waals surface area contributed by atoms with E-state index in [0.29, 0.717) is 16.4 Å². The van der Waals surface area contributed by atoms with Crippen molar-refractivity contribution < 1.29 is 9.59 Å². The summed E-state index contributed by atoms with van der Waals surface area (Å²) in [6.45, 7) is 1.45. The molecule has 0 aliphatic heterocycles. The first-order valence-electron chi connectivity index (χ1n) is 6.79. The van der Waals surface area contributed by atoms with Crippen molar-refractivity contribution in [3.8, 4) is 0 Å². The van der Waals surface area contributed by atoms with Crippen LogP contribution in [0.1, 0.15) is 17.3 Å². The fraction of sp³-hybridized carbons (Fsp3) is 0.0625. The van der Waals surface area contributed by atoms with Crippen molar-refractivity contribution >= 4 is 46.2 Å². The van der Waals surface area contributed by atoms with Gasteiger partial charge in [0, 0.05) is 29.5 Å². The van der Waals surface area contributed by atoms with Crippen molar-refractivity contribution in [3.05, 3.63) is 54.1 Å². The summed E-state index contributed by atoms with van der Waals surface area (Å²) in [5, 5.41) is 9.10. The maximum atomic E-state index is 11.1. The molecule has 6 nitrogen and oxygen atoms in total. The van der Waals surface area contributed by atoms with E-state index in [4.69, 9.17) is 18.0 Å². The lowest BCUT2D eigenvalue weighted by Gasteiger charge is -2.12. The molecule has 23 heavy (non-hydrogen) atoms. The molecule has 2 rings (SSSR count). The van der Waals surface area contributed by atoms with Gasteiger partial charge in [-0.15, -0.1) is 0 Å². The minimum Gasteiger partial charge on any atom is -0.366 e. The predicted octanol–water partition coefficient (Wildman–Crippen LogP) is 2.55. The van der Waals surface area contributed by atoms with E-state index < -0.39 is 5.91 Å². The van der Waals surface area contributed by atoms with Gasteiger partial charge in [0.05, 0.1) is 0 Å². The van der Waals surface area contributed by atoms with E-state index in [9.17, 15) is 9.59 Å². The Hall–Kier alpha value is -2.93. The molecule has 7 heteroatoms. The summed E-state index contributed by atoms with van der Waals surface area (Å²) < 4.78 is 0. The molecule has 0 saturated carbocycles. The zero-order chi connectivity index (χ0) is 16.8. The van der Waals surface area contributed by atoms with Crippen LogP contribution in [-0.2, 0) is 4.79 Å². The molecule has 5 N–H and O–H groups in total. The second-order valence-electron chi connectivity index (χ2n) is 4.78. The number of hydrogen-bond acceptors (Lipinski definition) is 3. The van der Waals surface area contributed by atoms with Crippen molar-refractivity contribution in [2.24, 2.45) is 5.73 Å². The molecule has 2 amide bonds. The summed E-state index contributed by atoms with van der Waals surface area (Å²) in [5.74, 6) is -0.621. The van der Waals surface area contributed by atoms with Crippen LogP contribution >= 0.6 is 12.2 Å². The highest BCUT2D eigenvalue weighted by Gasteiger charge is 2.03. The van der Waals surface area contributed by atoms with Gasteiger partial charge in [0.15, 0.2) is 5.11 Å². The molecule has 0 bridgehead atoms. The molecule has 0 fully saturated rings. The number of carbonyl (C=O) groups excluding carboxylic acids is 2. The Balaban J connectivity index is 1.99. The summed E-state index contributed by atoms with van der Waals surface area (Å²) in [6, 6.07) is 13.8. The third-order valence-electron chi connectivity index (χ3n) is 2.87. The Bertz CT molecular complexity index is 744. The lowest BCUT2D eigenvalue weighted by molar-refractivity contribution is -0.114. The van der Waals surface area contributed by atoms with E-state index in [1.165, 1.54) is 6.92 Å². The van der Waals surface area contributed by atoms with Crippen LogP contribution in [0.3, 0.4) is 0 Å². The average molecular weight is 328 g/mol. The van der Waals surface area contributed by atoms with Crippen LogP contribution in [0, 0.1) is 0 Å². The number of anilines is 3. The van der Waals surface area contributed by atoms with E-state index in [0.717, 1.165) is 11.4 Å². The number of thiocarbonyl (C=S) groups is 1. The Morgan fingerprint density at radius 2 is 1.48 bits per heavy atom. The fourth-order valence-electron chi connectivity index (χ4n) is 1.89. The standard InChI is InChI=1S/C16H16N4O2S/c1-10(21)18-13-3-2-4-14(9-13)20-16(23)19-12-7-5-11(6-8-12)15(17)22/h2-9H,1H3,(H2,17,22)(H,18,21)(H2,19,20,23). The van der Waals surface area contributed by atoms with Gasteiger partial charge in [-0.3, -0.25) is 9.59 Å². The molecule has 0 aromatic heterocycles. The quantitative estimate of drug-likeness (QED) is 0.647. The van der Waals surface area contributed by atoms with Crippen LogP contribution < -0.4 is 21.7 Å². The van der Waals surface area contributed by atoms with Crippen LogP contribution in [0.2, 0.25) is 0 Å². The van der Waals surface area contributed by atoms with Gasteiger partial charge in [0.25, 0.3) is 0 Å². The van der Waals surface area contributed by atoms with Crippen molar-refractivity contribution in [3.63, 3.8) is 0 Å². The minimum atomic E-state index is -0.480. The molecule has 2 aromatic rings. The fourth-order valence-corrected chi connectivity index (χ4v) is 2.12. The second kappa shape index (κ2) is 7.37. The molecule has 2 aromatic carbocycles. The van der Waals surface area contributed by atoms with Gasteiger partial charge in [0.2, 0.25) is 11.8 Å². The van der Waals surface area contributed by atoms with Crippen LogP contribution in [0.5, 0.6) is 0 Å². The van der Waals surface area contributed by atoms with Gasteiger partial charge in [-0.2, -0.15) is 0 Å². The molecular weight excluding hydrogens is 312 g/mol. The van der Waals surface area contributed by atoms with Crippen molar-refractivity contribution in [1.29, 1.82) is 0 Å². The first kappa shape index (κ1) is 16.4. The number of nitrogens with one attached hydrogen (secondary N) is 3. The summed E-state index contributed by atoms with van der Waals surface area (Å²) >= 11 is 5.23. The van der Waals surface area contributed by atoms with Crippen LogP contribution in [0.25, 0.3) is 0 Å². The summed E-state index contributed by atoms with van der Waals surface area (Å²) in [5.41, 5.74) is 7.76. The van der Waals surface area contributed by atoms with E-state index in [-0.39, 0.29) is 5.91 Å². The van der Waals surface area contributed by atoms with Gasteiger partial charge in [-0.25, -0.2) is 0 Å². The van der Waals surface area contributed by atoms with E-state index in [1.807, 2.05) is 6.07 Å². The number of benzene rings is 2. The maximum absolute atomic E-state index is 11.1. The highest BCUT2D eigenvalue weighted by molar-refractivity contribution is 7.80. The number of primary amides is 1. The van der Waals surface area contributed by atoms with E-state index in [2.05, 4.69) is 16.0 Å². The van der Waals surface area contributed by atoms with E-state index in [1.54, 1.807) is 42.5 Å². The number of amides is 2. The van der Waals surface area contributed by atoms with Crippen LogP contribution in [0.4, 0.5) is 17.1 Å². The van der Waals surface area contributed by atoms with Gasteiger partial charge in [-0.05, 0) is 54.7 Å². The van der Waals surface area contributed by atoms with Crippen molar-refractivity contribution in [2.75, 3.05) is 16.0 Å². The number of nitrogens with two attached hydrogens (primary N) is 1. The Morgan fingerprint density at radius 1 is 0.913 bits per heavy atom. The van der Waals surface area contributed by atoms with E-state index >= 15 is 0 Å². The molecule has 0 radical (unpaired) electrons. The zero-order valence-electron chi connectivity index (χ0n) is 12.4. The summed E-state index contributed by atoms with van der Waals surface area (Å²) in [4.78, 5) is 22.1. The largest absolute Gasteiger partial charge is 0.366 e. The molecule has 0 atom stereocenters. The molecule has 0 heterocycles. The van der Waals surface area contributed by atoms with Crippen LogP contribution in [-0.4, -0.2) is 16.9 Å². The zero-order valence-corrected chi connectivity index (χ0v) is 13.2. The molecular formula is C16H16N4O2S. The molecule has 0 aliphatic carbocycles. The summed E-state index contributed by atoms with van der Waals surface area (Å²) in [6.07, 6.45) is 0. The monoisotopic (exact) mass is 328 g/mol. The van der Waals surface area contributed by atoms with Gasteiger partial charge in [0.1, 0.15) is 0 Å². The Morgan fingerprint density at radius 3 is 2.04 bits per heavy atom. The Labute approximate surface area is 139 Å². The number of rotatable bonds is 4. The normalized spacial score (nSPS) is 9.78. The molecule has 0 aliphatic rings. The van der Waals surface area contributed by atoms with Crippen LogP contribution in [0.15, 0.2) is 48.5 Å². The van der Waals surface area contributed by atoms with Gasteiger partial charge in [-0.1, -0.05) is 6.07 Å². The van der Waals surface area contributed by atoms with Crippen molar-refractivity contribution in [1.82, 2.24) is 0 Å². The molecule has 118 valence electrons. The predicted molar refractivity (Wildman–Crippen MR) is 95.5 cm³/mol. The topological polar surface area (TPSA) is 96.2 Å². The lowest BCUT2D eigenvalue weighted by atomic mass is 10.2. The highest BCUT2D eigenvalue weighted by atomic mass is 32.1. The molecule has 0 unspecified atom stereocenters.